The van der Waals surface area contributed by atoms with Gasteiger partial charge in [-0.15, -0.1) is 0 Å². The number of hydrogen-bond acceptors (Lipinski definition) is 5. The van der Waals surface area contributed by atoms with Crippen molar-refractivity contribution in [3.05, 3.63) is 17.7 Å². The lowest BCUT2D eigenvalue weighted by molar-refractivity contribution is 0.948. The standard InChI is InChI=1S/C14H18N6/c1-8-11-9(16-14(18-11)19(3)4)6-7-10-12(8)20(5)13(15-2)17-10/h6-7H,1-5H3,(H,15,17). The molecule has 1 aliphatic heterocycles. The van der Waals surface area contributed by atoms with Crippen LogP contribution in [-0.4, -0.2) is 40.7 Å². The molecule has 1 aromatic rings. The molecule has 0 unspecified atom stereocenters. The number of aryl methyl sites for hydroxylation is 2. The van der Waals surface area contributed by atoms with E-state index in [2.05, 4.69) is 27.2 Å². The minimum Gasteiger partial charge on any atom is -0.359 e. The number of hydrogen-bond donors (Lipinski definition) is 1. The van der Waals surface area contributed by atoms with Crippen LogP contribution in [0.3, 0.4) is 0 Å². The predicted molar refractivity (Wildman–Crippen MR) is 81.5 cm³/mol. The first-order valence-corrected chi connectivity index (χ1v) is 6.51. The van der Waals surface area contributed by atoms with Crippen molar-refractivity contribution in [3.8, 4) is 11.4 Å². The van der Waals surface area contributed by atoms with Gasteiger partial charge >= 0.3 is 0 Å². The minimum absolute atomic E-state index is 0.735. The van der Waals surface area contributed by atoms with Crippen molar-refractivity contribution >= 4 is 22.9 Å². The van der Waals surface area contributed by atoms with E-state index in [1.54, 1.807) is 0 Å². The van der Waals surface area contributed by atoms with Crippen LogP contribution in [-0.2, 0) is 7.05 Å². The van der Waals surface area contributed by atoms with Gasteiger partial charge in [0.05, 0.1) is 22.4 Å². The van der Waals surface area contributed by atoms with Crippen LogP contribution >= 0.6 is 0 Å². The Balaban J connectivity index is 2.39. The summed E-state index contributed by atoms with van der Waals surface area (Å²) in [6, 6.07) is 3.98. The van der Waals surface area contributed by atoms with E-state index in [9.17, 15) is 0 Å². The van der Waals surface area contributed by atoms with Crippen LogP contribution in [0.15, 0.2) is 12.1 Å². The van der Waals surface area contributed by atoms with Crippen LogP contribution in [0.4, 0.5) is 11.9 Å². The highest BCUT2D eigenvalue weighted by Gasteiger charge is 2.18. The second-order valence-electron chi connectivity index (χ2n) is 5.09. The number of anilines is 2. The largest absolute Gasteiger partial charge is 0.359 e. The molecule has 1 N–H and O–H groups in total. The van der Waals surface area contributed by atoms with Gasteiger partial charge in [0.15, 0.2) is 0 Å². The molecule has 0 bridgehead atoms. The summed E-state index contributed by atoms with van der Waals surface area (Å²) in [5.41, 5.74) is 4.94. The molecule has 0 amide bonds. The zero-order valence-corrected chi connectivity index (χ0v) is 12.4. The Labute approximate surface area is 117 Å². The van der Waals surface area contributed by atoms with E-state index >= 15 is 0 Å². The average Bonchev–Trinajstić information content (AvgIpc) is 2.94. The van der Waals surface area contributed by atoms with Crippen LogP contribution in [0.2, 0.25) is 0 Å². The lowest BCUT2D eigenvalue weighted by Crippen LogP contribution is -2.09. The van der Waals surface area contributed by atoms with E-state index in [0.29, 0.717) is 0 Å². The molecule has 0 radical (unpaired) electrons. The summed E-state index contributed by atoms with van der Waals surface area (Å²) in [5, 5.41) is 3.10. The second kappa shape index (κ2) is 4.33. The highest BCUT2D eigenvalue weighted by atomic mass is 15.2. The van der Waals surface area contributed by atoms with Crippen LogP contribution in [0.25, 0.3) is 22.4 Å². The average molecular weight is 270 g/mol. The first-order valence-electron chi connectivity index (χ1n) is 6.51. The molecule has 0 fully saturated rings. The van der Waals surface area contributed by atoms with E-state index in [-0.39, 0.29) is 0 Å². The third-order valence-corrected chi connectivity index (χ3v) is 3.53. The number of aromatic nitrogens is 4. The smallest absolute Gasteiger partial charge is 0.226 e. The Morgan fingerprint density at radius 3 is 2.55 bits per heavy atom. The number of nitrogens with zero attached hydrogens (tertiary/aromatic N) is 5. The maximum atomic E-state index is 4.63. The molecule has 104 valence electrons. The first kappa shape index (κ1) is 12.7. The predicted octanol–water partition coefficient (Wildman–Crippen LogP) is 1.88. The van der Waals surface area contributed by atoms with Crippen LogP contribution in [0, 0.1) is 6.92 Å². The Bertz CT molecular complexity index is 758. The summed E-state index contributed by atoms with van der Waals surface area (Å²) in [4.78, 5) is 15.7. The molecule has 0 saturated heterocycles. The highest BCUT2D eigenvalue weighted by molar-refractivity contribution is 5.87. The van der Waals surface area contributed by atoms with Crippen LogP contribution in [0.1, 0.15) is 5.56 Å². The van der Waals surface area contributed by atoms with E-state index < -0.39 is 0 Å². The van der Waals surface area contributed by atoms with Crippen molar-refractivity contribution in [2.45, 2.75) is 6.92 Å². The summed E-state index contributed by atoms with van der Waals surface area (Å²) in [7, 11) is 7.77. The quantitative estimate of drug-likeness (QED) is 0.770. The molecule has 20 heavy (non-hydrogen) atoms. The maximum Gasteiger partial charge on any atom is 0.226 e. The maximum absolute atomic E-state index is 4.63. The van der Waals surface area contributed by atoms with Gasteiger partial charge in [-0.05, 0) is 19.1 Å². The molecule has 0 atom stereocenters. The Kier molecular flexibility index (Phi) is 2.74. The zero-order chi connectivity index (χ0) is 14.4. The van der Waals surface area contributed by atoms with Gasteiger partial charge in [0, 0.05) is 33.8 Å². The van der Waals surface area contributed by atoms with Gasteiger partial charge < -0.3 is 14.8 Å². The summed E-state index contributed by atoms with van der Waals surface area (Å²) in [6.45, 7) is 2.07. The Morgan fingerprint density at radius 2 is 1.90 bits per heavy atom. The summed E-state index contributed by atoms with van der Waals surface area (Å²) < 4.78 is 2.05. The molecule has 6 nitrogen and oxygen atoms in total. The topological polar surface area (TPSA) is 58.9 Å². The van der Waals surface area contributed by atoms with E-state index in [0.717, 1.165) is 39.9 Å². The normalized spacial score (nSPS) is 11.2. The number of fused-ring (bicyclic) bond motifs is 2. The molecule has 0 saturated carbocycles. The van der Waals surface area contributed by atoms with Crippen molar-refractivity contribution in [2.24, 2.45) is 7.05 Å². The fourth-order valence-corrected chi connectivity index (χ4v) is 2.51. The Hall–Kier alpha value is -2.37. The molecule has 1 aromatic heterocycles. The second-order valence-corrected chi connectivity index (χ2v) is 5.09. The van der Waals surface area contributed by atoms with Gasteiger partial charge in [0.25, 0.3) is 0 Å². The molecule has 2 heterocycles. The monoisotopic (exact) mass is 270 g/mol. The van der Waals surface area contributed by atoms with Crippen LogP contribution < -0.4 is 10.2 Å². The third kappa shape index (κ3) is 1.68. The first-order chi connectivity index (χ1) is 9.52. The van der Waals surface area contributed by atoms with Crippen molar-refractivity contribution in [3.63, 3.8) is 0 Å². The van der Waals surface area contributed by atoms with Gasteiger partial charge in [0.2, 0.25) is 11.9 Å². The molecule has 0 aromatic carbocycles. The third-order valence-electron chi connectivity index (χ3n) is 3.53. The summed E-state index contributed by atoms with van der Waals surface area (Å²) in [6.07, 6.45) is 0. The SMILES string of the molecule is CNc1nc2ccc3nc(N(C)C)nc-3c(C)c2n1C. The number of imidazole rings is 2. The zero-order valence-electron chi connectivity index (χ0n) is 12.4. The lowest BCUT2D eigenvalue weighted by Gasteiger charge is -2.04. The fraction of sp³-hybridized carbons (Fsp3) is 0.357. The molecule has 1 aliphatic carbocycles. The van der Waals surface area contributed by atoms with Crippen LogP contribution in [0.5, 0.6) is 0 Å². The molecule has 6 heteroatoms. The van der Waals surface area contributed by atoms with E-state index in [4.69, 9.17) is 0 Å². The molecule has 2 aliphatic rings. The van der Waals surface area contributed by atoms with Crippen molar-refractivity contribution in [2.75, 3.05) is 31.4 Å². The minimum atomic E-state index is 0.735. The summed E-state index contributed by atoms with van der Waals surface area (Å²) >= 11 is 0. The molecular formula is C14H18N6. The molecular weight excluding hydrogens is 252 g/mol. The van der Waals surface area contributed by atoms with Gasteiger partial charge in [-0.25, -0.2) is 15.0 Å². The van der Waals surface area contributed by atoms with Gasteiger partial charge in [-0.2, -0.15) is 0 Å². The van der Waals surface area contributed by atoms with Crippen molar-refractivity contribution in [1.82, 2.24) is 19.5 Å². The molecule has 0 spiro atoms. The fourth-order valence-electron chi connectivity index (χ4n) is 2.51. The number of rotatable bonds is 2. The van der Waals surface area contributed by atoms with Gasteiger partial charge in [-0.3, -0.25) is 0 Å². The van der Waals surface area contributed by atoms with Gasteiger partial charge in [-0.1, -0.05) is 0 Å². The van der Waals surface area contributed by atoms with E-state index in [1.165, 1.54) is 0 Å². The molecule has 3 rings (SSSR count). The van der Waals surface area contributed by atoms with E-state index in [1.807, 2.05) is 49.8 Å². The summed E-state index contributed by atoms with van der Waals surface area (Å²) in [5.74, 6) is 1.58. The van der Waals surface area contributed by atoms with Crippen molar-refractivity contribution in [1.29, 1.82) is 0 Å². The lowest BCUT2D eigenvalue weighted by atomic mass is 10.2. The highest BCUT2D eigenvalue weighted by Crippen LogP contribution is 2.30. The number of nitrogens with one attached hydrogen (secondary N) is 1. The van der Waals surface area contributed by atoms with Crippen molar-refractivity contribution < 1.29 is 0 Å². The Morgan fingerprint density at radius 1 is 1.15 bits per heavy atom. The van der Waals surface area contributed by atoms with Gasteiger partial charge in [0.1, 0.15) is 0 Å².